The summed E-state index contributed by atoms with van der Waals surface area (Å²) < 4.78 is 5.32. The fourth-order valence-corrected chi connectivity index (χ4v) is 1.70. The van der Waals surface area contributed by atoms with Gasteiger partial charge in [-0.2, -0.15) is 0 Å². The fourth-order valence-electron chi connectivity index (χ4n) is 1.70. The molecule has 0 bridgehead atoms. The normalized spacial score (nSPS) is 13.0. The molecule has 0 aliphatic rings. The van der Waals surface area contributed by atoms with Gasteiger partial charge >= 0.3 is 0 Å². The van der Waals surface area contributed by atoms with Crippen LogP contribution in [0.2, 0.25) is 0 Å². The Bertz CT molecular complexity index is 450. The molecule has 2 aromatic heterocycles. The Balaban J connectivity index is 2.38. The summed E-state index contributed by atoms with van der Waals surface area (Å²) in [5.41, 5.74) is 6.62. The van der Waals surface area contributed by atoms with E-state index in [4.69, 9.17) is 10.2 Å². The largest absolute Gasteiger partial charge is 0.464 e. The van der Waals surface area contributed by atoms with Crippen LogP contribution in [0.4, 0.5) is 5.82 Å². The maximum absolute atomic E-state index is 5.76. The minimum absolute atomic E-state index is 0.124. The van der Waals surface area contributed by atoms with Gasteiger partial charge in [-0.25, -0.2) is 4.98 Å². The molecule has 2 heterocycles. The van der Waals surface area contributed by atoms with Gasteiger partial charge in [-0.15, -0.1) is 0 Å². The van der Waals surface area contributed by atoms with E-state index in [1.165, 1.54) is 0 Å². The minimum Gasteiger partial charge on any atom is -0.464 e. The highest BCUT2D eigenvalue weighted by Crippen LogP contribution is 2.24. The van der Waals surface area contributed by atoms with Crippen molar-refractivity contribution in [1.82, 2.24) is 4.98 Å². The van der Waals surface area contributed by atoms with E-state index in [0.29, 0.717) is 0 Å². The zero-order valence-corrected chi connectivity index (χ0v) is 8.97. The van der Waals surface area contributed by atoms with Crippen molar-refractivity contribution in [3.63, 3.8) is 0 Å². The SMILES string of the molecule is CC(N)CN(C)c1nccc2occc12. The van der Waals surface area contributed by atoms with Crippen molar-refractivity contribution in [2.24, 2.45) is 5.73 Å². The van der Waals surface area contributed by atoms with Crippen LogP contribution in [0.15, 0.2) is 29.0 Å². The van der Waals surface area contributed by atoms with Crippen molar-refractivity contribution in [2.75, 3.05) is 18.5 Å². The summed E-state index contributed by atoms with van der Waals surface area (Å²) in [5.74, 6) is 0.915. The van der Waals surface area contributed by atoms with Gasteiger partial charge in [0.25, 0.3) is 0 Å². The first-order valence-electron chi connectivity index (χ1n) is 4.97. The number of likely N-dealkylation sites (N-methyl/N-ethyl adjacent to an activating group) is 1. The lowest BCUT2D eigenvalue weighted by atomic mass is 10.2. The molecule has 2 rings (SSSR count). The lowest BCUT2D eigenvalue weighted by Gasteiger charge is -2.20. The molecule has 0 saturated carbocycles. The quantitative estimate of drug-likeness (QED) is 0.827. The molecule has 0 aliphatic heterocycles. The smallest absolute Gasteiger partial charge is 0.139 e. The fraction of sp³-hybridized carbons (Fsp3) is 0.364. The third-order valence-electron chi connectivity index (χ3n) is 2.28. The number of rotatable bonds is 3. The molecule has 4 heteroatoms. The van der Waals surface area contributed by atoms with E-state index in [-0.39, 0.29) is 6.04 Å². The predicted octanol–water partition coefficient (Wildman–Crippen LogP) is 1.61. The van der Waals surface area contributed by atoms with Crippen molar-refractivity contribution < 1.29 is 4.42 Å². The van der Waals surface area contributed by atoms with Crippen molar-refractivity contribution in [3.8, 4) is 0 Å². The van der Waals surface area contributed by atoms with E-state index < -0.39 is 0 Å². The molecule has 1 atom stereocenters. The number of furan rings is 1. The van der Waals surface area contributed by atoms with Crippen molar-refractivity contribution >= 4 is 16.8 Å². The second-order valence-electron chi connectivity index (χ2n) is 3.82. The molecule has 2 N–H and O–H groups in total. The molecule has 0 saturated heterocycles. The summed E-state index contributed by atoms with van der Waals surface area (Å²) in [7, 11) is 1.98. The van der Waals surface area contributed by atoms with Crippen molar-refractivity contribution in [2.45, 2.75) is 13.0 Å². The Hall–Kier alpha value is -1.55. The number of fused-ring (bicyclic) bond motifs is 1. The Morgan fingerprint density at radius 2 is 2.33 bits per heavy atom. The number of aromatic nitrogens is 1. The van der Waals surface area contributed by atoms with Gasteiger partial charge in [0, 0.05) is 25.8 Å². The van der Waals surface area contributed by atoms with Gasteiger partial charge in [0.15, 0.2) is 0 Å². The molecule has 0 aromatic carbocycles. The first-order valence-corrected chi connectivity index (χ1v) is 4.97. The van der Waals surface area contributed by atoms with Gasteiger partial charge in [-0.3, -0.25) is 0 Å². The summed E-state index contributed by atoms with van der Waals surface area (Å²) in [6, 6.07) is 3.91. The molecule has 15 heavy (non-hydrogen) atoms. The van der Waals surface area contributed by atoms with E-state index in [1.807, 2.05) is 31.0 Å². The van der Waals surface area contributed by atoms with Gasteiger partial charge in [-0.05, 0) is 19.1 Å². The molecule has 2 aromatic rings. The third-order valence-corrected chi connectivity index (χ3v) is 2.28. The standard InChI is InChI=1S/C11H15N3O/c1-8(12)7-14(2)11-9-4-6-15-10(9)3-5-13-11/h3-6,8H,7,12H2,1-2H3. The number of anilines is 1. The average Bonchev–Trinajstić information content (AvgIpc) is 2.63. The summed E-state index contributed by atoms with van der Waals surface area (Å²) in [5, 5.41) is 1.03. The molecule has 0 fully saturated rings. The van der Waals surface area contributed by atoms with Crippen LogP contribution in [0, 0.1) is 0 Å². The monoisotopic (exact) mass is 205 g/mol. The van der Waals surface area contributed by atoms with Gasteiger partial charge in [0.05, 0.1) is 11.6 Å². The highest BCUT2D eigenvalue weighted by Gasteiger charge is 2.10. The second kappa shape index (κ2) is 3.90. The highest BCUT2D eigenvalue weighted by atomic mass is 16.3. The molecule has 0 amide bonds. The minimum atomic E-state index is 0.124. The molecular weight excluding hydrogens is 190 g/mol. The zero-order chi connectivity index (χ0) is 10.8. The van der Waals surface area contributed by atoms with Crippen LogP contribution >= 0.6 is 0 Å². The first-order chi connectivity index (χ1) is 7.18. The Kier molecular flexibility index (Phi) is 2.60. The number of hydrogen-bond donors (Lipinski definition) is 1. The second-order valence-corrected chi connectivity index (χ2v) is 3.82. The summed E-state index contributed by atoms with van der Waals surface area (Å²) >= 11 is 0. The Labute approximate surface area is 88.7 Å². The van der Waals surface area contributed by atoms with E-state index >= 15 is 0 Å². The van der Waals surface area contributed by atoms with Crippen LogP contribution in [-0.4, -0.2) is 24.6 Å². The van der Waals surface area contributed by atoms with Crippen LogP contribution in [0.5, 0.6) is 0 Å². The number of nitrogens with two attached hydrogens (primary N) is 1. The highest BCUT2D eigenvalue weighted by molar-refractivity contribution is 5.88. The van der Waals surface area contributed by atoms with E-state index in [9.17, 15) is 0 Å². The zero-order valence-electron chi connectivity index (χ0n) is 8.97. The van der Waals surface area contributed by atoms with Crippen LogP contribution < -0.4 is 10.6 Å². The molecule has 1 unspecified atom stereocenters. The van der Waals surface area contributed by atoms with E-state index in [2.05, 4.69) is 4.98 Å². The molecule has 80 valence electrons. The average molecular weight is 205 g/mol. The van der Waals surface area contributed by atoms with E-state index in [1.54, 1.807) is 12.5 Å². The first kappa shape index (κ1) is 9.98. The van der Waals surface area contributed by atoms with Crippen LogP contribution in [0.25, 0.3) is 11.0 Å². The van der Waals surface area contributed by atoms with Gasteiger partial charge < -0.3 is 15.1 Å². The van der Waals surface area contributed by atoms with Crippen LogP contribution in [-0.2, 0) is 0 Å². The number of nitrogens with zero attached hydrogens (tertiary/aromatic N) is 2. The Morgan fingerprint density at radius 1 is 1.53 bits per heavy atom. The van der Waals surface area contributed by atoms with Crippen LogP contribution in [0.1, 0.15) is 6.92 Å². The summed E-state index contributed by atoms with van der Waals surface area (Å²) in [4.78, 5) is 6.39. The van der Waals surface area contributed by atoms with Crippen molar-refractivity contribution in [3.05, 3.63) is 24.6 Å². The maximum atomic E-state index is 5.76. The van der Waals surface area contributed by atoms with Gasteiger partial charge in [-0.1, -0.05) is 0 Å². The number of hydrogen-bond acceptors (Lipinski definition) is 4. The lowest BCUT2D eigenvalue weighted by Crippen LogP contribution is -2.33. The topological polar surface area (TPSA) is 55.3 Å². The molecule has 0 radical (unpaired) electrons. The number of pyridine rings is 1. The Morgan fingerprint density at radius 3 is 3.07 bits per heavy atom. The molecule has 0 aliphatic carbocycles. The third kappa shape index (κ3) is 1.94. The molecular formula is C11H15N3O. The molecule has 4 nitrogen and oxygen atoms in total. The van der Waals surface area contributed by atoms with E-state index in [0.717, 1.165) is 23.3 Å². The maximum Gasteiger partial charge on any atom is 0.139 e. The van der Waals surface area contributed by atoms with Gasteiger partial charge in [0.2, 0.25) is 0 Å². The predicted molar refractivity (Wildman–Crippen MR) is 60.9 cm³/mol. The summed E-state index contributed by atoms with van der Waals surface area (Å²) in [6.45, 7) is 2.75. The van der Waals surface area contributed by atoms with Crippen molar-refractivity contribution in [1.29, 1.82) is 0 Å². The molecule has 0 spiro atoms. The summed E-state index contributed by atoms with van der Waals surface area (Å²) in [6.07, 6.45) is 3.43. The van der Waals surface area contributed by atoms with Crippen LogP contribution in [0.3, 0.4) is 0 Å². The van der Waals surface area contributed by atoms with Gasteiger partial charge in [0.1, 0.15) is 11.4 Å². The lowest BCUT2D eigenvalue weighted by molar-refractivity contribution is 0.615.